The van der Waals surface area contributed by atoms with Gasteiger partial charge in [-0.1, -0.05) is 0 Å². The second-order valence-electron chi connectivity index (χ2n) is 8.54. The van der Waals surface area contributed by atoms with Gasteiger partial charge in [-0.05, 0) is 0 Å². The maximum atomic E-state index is 2.59. The van der Waals surface area contributed by atoms with Gasteiger partial charge in [-0.25, -0.2) is 0 Å². The average Bonchev–Trinajstić information content (AvgIpc) is 3.31. The zero-order valence-corrected chi connectivity index (χ0v) is 19.0. The van der Waals surface area contributed by atoms with Crippen LogP contribution < -0.4 is 3.27 Å². The van der Waals surface area contributed by atoms with Gasteiger partial charge < -0.3 is 0 Å². The van der Waals surface area contributed by atoms with Crippen LogP contribution in [0.3, 0.4) is 0 Å². The molecule has 136 valence electrons. The van der Waals surface area contributed by atoms with Crippen molar-refractivity contribution < 1.29 is 21.3 Å². The Labute approximate surface area is 171 Å². The van der Waals surface area contributed by atoms with Crippen LogP contribution in [0.2, 0.25) is 0 Å². The molecule has 0 spiro atoms. The molecule has 0 atom stereocenters. The first kappa shape index (κ1) is 17.8. The summed E-state index contributed by atoms with van der Waals surface area (Å²) >= 11 is -1.96. The van der Waals surface area contributed by atoms with Crippen molar-refractivity contribution in [1.29, 1.82) is 0 Å². The van der Waals surface area contributed by atoms with Crippen LogP contribution in [-0.4, -0.2) is 3.21 Å². The molecule has 3 aliphatic carbocycles. The van der Waals surface area contributed by atoms with Gasteiger partial charge in [-0.2, -0.15) is 0 Å². The first-order chi connectivity index (χ1) is 13.2. The fourth-order valence-electron chi connectivity index (χ4n) is 5.21. The van der Waals surface area contributed by atoms with Crippen molar-refractivity contribution in [2.45, 2.75) is 58.8 Å². The predicted molar refractivity (Wildman–Crippen MR) is 114 cm³/mol. The third-order valence-corrected chi connectivity index (χ3v) is 14.4. The standard InChI is InChI=1S/C15H13.C6H10.C5H5.Zr/c1-10-3-5-12-9-13-6-4-11(2)8-15(13)14(12)7-10;1-2-4-6-5-3-1;1-2-4-5-3-1;/h3-5,7-8H,9H2,1-2H3;1-5H2;1-3H,4H2;. The van der Waals surface area contributed by atoms with Gasteiger partial charge in [0.15, 0.2) is 0 Å². The summed E-state index contributed by atoms with van der Waals surface area (Å²) in [7, 11) is 0. The van der Waals surface area contributed by atoms with Crippen LogP contribution in [0.4, 0.5) is 0 Å². The van der Waals surface area contributed by atoms with Crippen LogP contribution in [0.5, 0.6) is 0 Å². The van der Waals surface area contributed by atoms with Gasteiger partial charge in [0.1, 0.15) is 0 Å². The van der Waals surface area contributed by atoms with E-state index < -0.39 is 21.3 Å². The minimum atomic E-state index is -1.96. The number of hydrogen-bond acceptors (Lipinski definition) is 0. The van der Waals surface area contributed by atoms with Crippen LogP contribution >= 0.6 is 0 Å². The van der Waals surface area contributed by atoms with Gasteiger partial charge in [0.25, 0.3) is 0 Å². The quantitative estimate of drug-likeness (QED) is 0.460. The Morgan fingerprint density at radius 3 is 2.44 bits per heavy atom. The summed E-state index contributed by atoms with van der Waals surface area (Å²) in [6, 6.07) is 12.1. The normalized spacial score (nSPS) is 17.7. The molecule has 0 N–H and O–H groups in total. The van der Waals surface area contributed by atoms with Crippen molar-refractivity contribution in [2.75, 3.05) is 0 Å². The van der Waals surface area contributed by atoms with E-state index >= 15 is 0 Å². The van der Waals surface area contributed by atoms with Crippen LogP contribution in [0.15, 0.2) is 51.8 Å². The van der Waals surface area contributed by atoms with Crippen molar-refractivity contribution in [3.8, 4) is 11.1 Å². The molecule has 0 bridgehead atoms. The van der Waals surface area contributed by atoms with Gasteiger partial charge in [-0.15, -0.1) is 0 Å². The van der Waals surface area contributed by atoms with E-state index in [1.807, 2.05) is 6.49 Å². The van der Waals surface area contributed by atoms with Gasteiger partial charge in [0.05, 0.1) is 0 Å². The predicted octanol–water partition coefficient (Wildman–Crippen LogP) is 6.10. The van der Waals surface area contributed by atoms with E-state index in [-0.39, 0.29) is 0 Å². The van der Waals surface area contributed by atoms with Crippen molar-refractivity contribution in [2.24, 2.45) is 0 Å². The topological polar surface area (TPSA) is 0 Å². The fraction of sp³-hybridized carbons (Fsp3) is 0.346. The molecule has 0 saturated heterocycles. The summed E-state index contributed by atoms with van der Waals surface area (Å²) < 4.78 is 5.60. The van der Waals surface area contributed by atoms with Gasteiger partial charge >= 0.3 is 172 Å². The number of hydrogen-bond donors (Lipinski definition) is 0. The molecule has 0 nitrogen and oxygen atoms in total. The molecular formula is C26H28Zr. The van der Waals surface area contributed by atoms with Crippen LogP contribution in [0, 0.1) is 13.8 Å². The first-order valence-corrected chi connectivity index (χ1v) is 14.2. The number of fused-ring (bicyclic) bond motifs is 3. The molecule has 1 fully saturated rings. The average molecular weight is 432 g/mol. The molecule has 0 aliphatic heterocycles. The van der Waals surface area contributed by atoms with E-state index in [0.29, 0.717) is 0 Å². The van der Waals surface area contributed by atoms with Crippen molar-refractivity contribution in [3.05, 3.63) is 74.1 Å². The van der Waals surface area contributed by atoms with Gasteiger partial charge in [0, 0.05) is 0 Å². The summed E-state index contributed by atoms with van der Waals surface area (Å²) in [6.45, 7) is 4.54. The molecule has 0 heterocycles. The van der Waals surface area contributed by atoms with Gasteiger partial charge in [-0.3, -0.25) is 0 Å². The van der Waals surface area contributed by atoms with E-state index in [4.69, 9.17) is 0 Å². The molecule has 2 aromatic carbocycles. The molecule has 27 heavy (non-hydrogen) atoms. The maximum absolute atomic E-state index is 2.59. The second kappa shape index (κ2) is 7.25. The Morgan fingerprint density at radius 2 is 1.67 bits per heavy atom. The summed E-state index contributed by atoms with van der Waals surface area (Å²) in [6.07, 6.45) is 16.6. The molecule has 0 unspecified atom stereocenters. The molecule has 3 aliphatic rings. The van der Waals surface area contributed by atoms with Gasteiger partial charge in [0.2, 0.25) is 0 Å². The zero-order chi connectivity index (χ0) is 18.4. The van der Waals surface area contributed by atoms with E-state index in [2.05, 4.69) is 62.4 Å². The van der Waals surface area contributed by atoms with Crippen molar-refractivity contribution >= 4 is 6.48 Å². The van der Waals surface area contributed by atoms with Crippen molar-refractivity contribution in [3.63, 3.8) is 0 Å². The first-order valence-electron chi connectivity index (χ1n) is 10.5. The number of allylic oxidation sites excluding steroid dienone is 4. The molecule has 0 radical (unpaired) electrons. The Bertz CT molecular complexity index is 1010. The van der Waals surface area contributed by atoms with E-state index in [1.165, 1.54) is 60.8 Å². The number of benzene rings is 2. The molecule has 5 rings (SSSR count). The van der Waals surface area contributed by atoms with Crippen LogP contribution in [0.25, 0.3) is 11.1 Å². The van der Waals surface area contributed by atoms with E-state index in [9.17, 15) is 0 Å². The number of rotatable bonds is 2. The SMILES string of the molecule is Cc1ccc2c(c1)-c1cc(C)c[c]([Zr]([C]3=CC=CC3)=[C]3CCCCC3)c1C2. The summed E-state index contributed by atoms with van der Waals surface area (Å²) in [4.78, 5) is 0. The summed E-state index contributed by atoms with van der Waals surface area (Å²) in [5, 5.41) is 0. The van der Waals surface area contributed by atoms with E-state index in [1.54, 1.807) is 14.4 Å². The Balaban J connectivity index is 1.73. The Kier molecular flexibility index (Phi) is 4.77. The molecule has 2 aromatic rings. The van der Waals surface area contributed by atoms with Crippen molar-refractivity contribution in [1.82, 2.24) is 0 Å². The Hall–Kier alpha value is -1.33. The monoisotopic (exact) mass is 430 g/mol. The third kappa shape index (κ3) is 3.23. The molecular weight excluding hydrogens is 404 g/mol. The summed E-state index contributed by atoms with van der Waals surface area (Å²) in [5.41, 5.74) is 9.11. The van der Waals surface area contributed by atoms with E-state index in [0.717, 1.165) is 6.42 Å². The zero-order valence-electron chi connectivity index (χ0n) is 16.6. The number of aryl methyl sites for hydroxylation is 2. The third-order valence-electron chi connectivity index (χ3n) is 6.49. The molecule has 0 amide bonds. The Morgan fingerprint density at radius 1 is 0.852 bits per heavy atom. The minimum absolute atomic E-state index is 1.15. The van der Waals surface area contributed by atoms with Crippen LogP contribution in [-0.2, 0) is 27.7 Å². The van der Waals surface area contributed by atoms with Crippen LogP contribution in [0.1, 0.15) is 60.8 Å². The molecule has 1 saturated carbocycles. The summed E-state index contributed by atoms with van der Waals surface area (Å²) in [5.74, 6) is 0. The fourth-order valence-corrected chi connectivity index (χ4v) is 13.9. The second-order valence-corrected chi connectivity index (χ2v) is 15.0. The molecule has 1 heteroatoms. The molecule has 0 aromatic heterocycles.